The number of nitrogens with zero attached hydrogens (tertiary/aromatic N) is 2. The first-order chi connectivity index (χ1) is 17.3. The molecule has 0 aromatic heterocycles. The van der Waals surface area contributed by atoms with Crippen LogP contribution in [0, 0.1) is 17.8 Å². The van der Waals surface area contributed by atoms with E-state index in [1.807, 2.05) is 38.1 Å². The number of carbonyl (C=O) groups is 2. The number of para-hydroxylation sites is 1. The second-order valence-corrected chi connectivity index (χ2v) is 13.8. The van der Waals surface area contributed by atoms with Crippen LogP contribution in [0.25, 0.3) is 0 Å². The van der Waals surface area contributed by atoms with Crippen LogP contribution < -0.4 is 5.32 Å². The number of anilines is 1. The molecular formula is C29H39N3O4S. The van der Waals surface area contributed by atoms with Crippen molar-refractivity contribution in [3.8, 4) is 0 Å². The van der Waals surface area contributed by atoms with Crippen LogP contribution in [0.3, 0.4) is 0 Å². The molecule has 4 rings (SSSR count). The maximum Gasteiger partial charge on any atom is 0.254 e. The molecule has 1 N–H and O–H groups in total. The maximum absolute atomic E-state index is 13.8. The molecule has 200 valence electrons. The third-order valence-corrected chi connectivity index (χ3v) is 9.48. The van der Waals surface area contributed by atoms with Gasteiger partial charge in [-0.25, -0.2) is 8.42 Å². The summed E-state index contributed by atoms with van der Waals surface area (Å²) in [6.07, 6.45) is 3.37. The minimum atomic E-state index is -3.76. The van der Waals surface area contributed by atoms with Crippen LogP contribution in [-0.4, -0.2) is 55.1 Å². The first-order valence-corrected chi connectivity index (χ1v) is 14.5. The van der Waals surface area contributed by atoms with Gasteiger partial charge in [-0.15, -0.1) is 0 Å². The van der Waals surface area contributed by atoms with E-state index in [0.717, 1.165) is 24.8 Å². The van der Waals surface area contributed by atoms with Crippen molar-refractivity contribution in [2.24, 2.45) is 10.8 Å². The second kappa shape index (κ2) is 10.2. The van der Waals surface area contributed by atoms with E-state index in [0.29, 0.717) is 25.2 Å². The summed E-state index contributed by atoms with van der Waals surface area (Å²) in [7, 11) is -3.76. The van der Waals surface area contributed by atoms with Gasteiger partial charge in [0.2, 0.25) is 15.9 Å². The molecular weight excluding hydrogens is 486 g/mol. The number of hydrogen-bond acceptors (Lipinski definition) is 4. The van der Waals surface area contributed by atoms with Gasteiger partial charge in [0.05, 0.1) is 4.90 Å². The van der Waals surface area contributed by atoms with Gasteiger partial charge in [0.1, 0.15) is 6.54 Å². The fourth-order valence-corrected chi connectivity index (χ4v) is 8.22. The molecule has 1 saturated carbocycles. The Kier molecular flexibility index (Phi) is 7.55. The van der Waals surface area contributed by atoms with Crippen molar-refractivity contribution in [2.45, 2.75) is 71.2 Å². The summed E-state index contributed by atoms with van der Waals surface area (Å²) in [6.45, 7) is 11.2. The number of nitrogens with one attached hydrogen (secondary N) is 1. The number of amides is 2. The normalized spacial score (nSPS) is 23.0. The zero-order valence-corrected chi connectivity index (χ0v) is 23.4. The van der Waals surface area contributed by atoms with Gasteiger partial charge in [0.15, 0.2) is 0 Å². The van der Waals surface area contributed by atoms with Crippen molar-refractivity contribution in [3.05, 3.63) is 59.7 Å². The average molecular weight is 526 g/mol. The number of sulfonamides is 1. The van der Waals surface area contributed by atoms with Crippen molar-refractivity contribution >= 4 is 27.5 Å². The summed E-state index contributed by atoms with van der Waals surface area (Å²) in [4.78, 5) is 27.8. The molecule has 1 saturated heterocycles. The highest BCUT2D eigenvalue weighted by atomic mass is 32.2. The predicted molar refractivity (Wildman–Crippen MR) is 146 cm³/mol. The largest absolute Gasteiger partial charge is 0.329 e. The summed E-state index contributed by atoms with van der Waals surface area (Å²) in [5.74, 6) is -0.646. The van der Waals surface area contributed by atoms with E-state index in [2.05, 4.69) is 26.1 Å². The average Bonchev–Trinajstić information content (AvgIpc) is 3.09. The van der Waals surface area contributed by atoms with Crippen molar-refractivity contribution in [3.63, 3.8) is 0 Å². The van der Waals surface area contributed by atoms with Crippen LogP contribution in [0.15, 0.2) is 53.4 Å². The Labute approximate surface area is 221 Å². The summed E-state index contributed by atoms with van der Waals surface area (Å²) >= 11 is 0. The molecule has 1 heterocycles. The zero-order valence-electron chi connectivity index (χ0n) is 22.6. The number of carbonyl (C=O) groups excluding carboxylic acids is 2. The number of fused-ring (bicyclic) bond motifs is 2. The van der Waals surface area contributed by atoms with Gasteiger partial charge in [-0.3, -0.25) is 9.59 Å². The zero-order chi connectivity index (χ0) is 27.0. The van der Waals surface area contributed by atoms with Crippen LogP contribution >= 0.6 is 0 Å². The van der Waals surface area contributed by atoms with Gasteiger partial charge >= 0.3 is 0 Å². The third-order valence-electron chi connectivity index (χ3n) is 7.59. The molecule has 2 fully saturated rings. The highest BCUT2D eigenvalue weighted by Crippen LogP contribution is 2.53. The molecule has 2 amide bonds. The van der Waals surface area contributed by atoms with E-state index in [1.165, 1.54) is 11.0 Å². The highest BCUT2D eigenvalue weighted by Gasteiger charge is 2.53. The number of aryl methyl sites for hydroxylation is 1. The van der Waals surface area contributed by atoms with Gasteiger partial charge in [0, 0.05) is 30.4 Å². The highest BCUT2D eigenvalue weighted by molar-refractivity contribution is 7.89. The SMILES string of the molecule is CCCN(CC(=O)Nc1ccccc1C)C(=O)c1cccc(S(=O)(=O)N2C[C@]3(C)C[C@@H]2CC(C)(C)C3)c1. The Balaban J connectivity index is 1.53. The summed E-state index contributed by atoms with van der Waals surface area (Å²) in [5, 5.41) is 2.87. The topological polar surface area (TPSA) is 86.8 Å². The fraction of sp³-hybridized carbons (Fsp3) is 0.517. The van der Waals surface area contributed by atoms with Crippen LogP contribution in [0.5, 0.6) is 0 Å². The lowest BCUT2D eigenvalue weighted by Crippen LogP contribution is -2.39. The van der Waals surface area contributed by atoms with Crippen LogP contribution in [0.2, 0.25) is 0 Å². The van der Waals surface area contributed by atoms with Crippen molar-refractivity contribution in [2.75, 3.05) is 25.0 Å². The van der Waals surface area contributed by atoms with E-state index >= 15 is 0 Å². The molecule has 0 radical (unpaired) electrons. The second-order valence-electron chi connectivity index (χ2n) is 11.9. The molecule has 1 aliphatic carbocycles. The van der Waals surface area contributed by atoms with Crippen LogP contribution in [0.4, 0.5) is 5.69 Å². The lowest BCUT2D eigenvalue weighted by atomic mass is 9.65. The summed E-state index contributed by atoms with van der Waals surface area (Å²) < 4.78 is 29.2. The Morgan fingerprint density at radius 2 is 1.81 bits per heavy atom. The molecule has 37 heavy (non-hydrogen) atoms. The fourth-order valence-electron chi connectivity index (χ4n) is 6.40. The Morgan fingerprint density at radius 1 is 1.08 bits per heavy atom. The predicted octanol–water partition coefficient (Wildman–Crippen LogP) is 5.08. The quantitative estimate of drug-likeness (QED) is 0.521. The van der Waals surface area contributed by atoms with E-state index < -0.39 is 10.0 Å². The minimum absolute atomic E-state index is 0.0279. The molecule has 2 aliphatic rings. The smallest absolute Gasteiger partial charge is 0.254 e. The van der Waals surface area contributed by atoms with E-state index in [-0.39, 0.29) is 45.7 Å². The van der Waals surface area contributed by atoms with Gasteiger partial charge < -0.3 is 10.2 Å². The van der Waals surface area contributed by atoms with Crippen molar-refractivity contribution < 1.29 is 18.0 Å². The molecule has 0 spiro atoms. The van der Waals surface area contributed by atoms with E-state index in [1.54, 1.807) is 22.5 Å². The number of benzene rings is 2. The Bertz CT molecular complexity index is 1290. The number of rotatable bonds is 8. The van der Waals surface area contributed by atoms with Gasteiger partial charge in [-0.05, 0) is 73.3 Å². The first kappa shape index (κ1) is 27.3. The molecule has 2 aromatic rings. The minimum Gasteiger partial charge on any atom is -0.329 e. The van der Waals surface area contributed by atoms with Crippen LogP contribution in [0.1, 0.15) is 69.3 Å². The number of hydrogen-bond donors (Lipinski definition) is 1. The molecule has 7 nitrogen and oxygen atoms in total. The summed E-state index contributed by atoms with van der Waals surface area (Å²) in [6, 6.07) is 13.7. The molecule has 2 bridgehead atoms. The third kappa shape index (κ3) is 5.91. The first-order valence-electron chi connectivity index (χ1n) is 13.1. The lowest BCUT2D eigenvalue weighted by molar-refractivity contribution is -0.116. The Hall–Kier alpha value is -2.71. The molecule has 0 unspecified atom stereocenters. The molecule has 2 aromatic carbocycles. The van der Waals surface area contributed by atoms with Crippen molar-refractivity contribution in [1.82, 2.24) is 9.21 Å². The molecule has 1 aliphatic heterocycles. The maximum atomic E-state index is 13.8. The van der Waals surface area contributed by atoms with Gasteiger partial charge in [0.25, 0.3) is 5.91 Å². The van der Waals surface area contributed by atoms with Gasteiger partial charge in [-0.2, -0.15) is 4.31 Å². The van der Waals surface area contributed by atoms with E-state index in [9.17, 15) is 18.0 Å². The van der Waals surface area contributed by atoms with E-state index in [4.69, 9.17) is 0 Å². The monoisotopic (exact) mass is 525 g/mol. The Morgan fingerprint density at radius 3 is 2.51 bits per heavy atom. The lowest BCUT2D eigenvalue weighted by Gasteiger charge is -2.39. The van der Waals surface area contributed by atoms with Crippen molar-refractivity contribution in [1.29, 1.82) is 0 Å². The summed E-state index contributed by atoms with van der Waals surface area (Å²) in [5.41, 5.74) is 1.98. The standard InChI is InChI=1S/C29H39N3O4S/c1-6-14-31(18-26(33)30-25-13-8-7-10-21(25)2)27(34)22-11-9-12-24(15-22)37(35,36)32-20-29(5)17-23(32)16-28(3,4)19-29/h7-13,15,23H,6,14,16-20H2,1-5H3,(H,30,33)/t23-,29+/m0/s1. The molecule has 8 heteroatoms. The molecule has 2 atom stereocenters. The van der Waals surface area contributed by atoms with Crippen LogP contribution in [-0.2, 0) is 14.8 Å². The van der Waals surface area contributed by atoms with Gasteiger partial charge in [-0.1, -0.05) is 52.0 Å².